The molecule has 0 aliphatic rings. The first-order chi connectivity index (χ1) is 10.1. The van der Waals surface area contributed by atoms with E-state index in [1.54, 1.807) is 0 Å². The molecule has 3 heterocycles. The first-order valence-electron chi connectivity index (χ1n) is 6.47. The zero-order valence-corrected chi connectivity index (χ0v) is 12.3. The van der Waals surface area contributed by atoms with E-state index in [4.69, 9.17) is 5.73 Å². The molecule has 4 rings (SSSR count). The van der Waals surface area contributed by atoms with E-state index < -0.39 is 0 Å². The lowest BCUT2D eigenvalue weighted by atomic mass is 10.2. The van der Waals surface area contributed by atoms with Crippen molar-refractivity contribution in [3.8, 4) is 11.4 Å². The molecular formula is C14H12N6S. The smallest absolute Gasteiger partial charge is 0.255 e. The highest BCUT2D eigenvalue weighted by atomic mass is 32.1. The van der Waals surface area contributed by atoms with Gasteiger partial charge in [0.05, 0.1) is 10.2 Å². The van der Waals surface area contributed by atoms with E-state index in [0.717, 1.165) is 33.0 Å². The molecule has 0 spiro atoms. The third-order valence-electron chi connectivity index (χ3n) is 3.36. The maximum Gasteiger partial charge on any atom is 0.255 e. The molecule has 0 atom stereocenters. The molecule has 3 aromatic heterocycles. The van der Waals surface area contributed by atoms with Crippen LogP contribution in [-0.2, 0) is 0 Å². The predicted molar refractivity (Wildman–Crippen MR) is 83.3 cm³/mol. The molecule has 0 bridgehead atoms. The van der Waals surface area contributed by atoms with Crippen molar-refractivity contribution in [2.24, 2.45) is 0 Å². The highest BCUT2D eigenvalue weighted by Crippen LogP contribution is 2.28. The average molecular weight is 296 g/mol. The van der Waals surface area contributed by atoms with Gasteiger partial charge in [-0.05, 0) is 38.1 Å². The summed E-state index contributed by atoms with van der Waals surface area (Å²) in [5, 5.41) is 9.02. The van der Waals surface area contributed by atoms with E-state index in [9.17, 15) is 0 Å². The Bertz CT molecular complexity index is 984. The van der Waals surface area contributed by atoms with Crippen LogP contribution in [0.15, 0.2) is 24.3 Å². The maximum atomic E-state index is 5.75. The minimum absolute atomic E-state index is 0.571. The Labute approximate surface area is 124 Å². The monoisotopic (exact) mass is 296 g/mol. The molecule has 0 saturated carbocycles. The van der Waals surface area contributed by atoms with Gasteiger partial charge in [0.2, 0.25) is 0 Å². The number of aryl methyl sites for hydroxylation is 2. The Kier molecular flexibility index (Phi) is 2.46. The van der Waals surface area contributed by atoms with E-state index in [-0.39, 0.29) is 0 Å². The number of benzene rings is 1. The summed E-state index contributed by atoms with van der Waals surface area (Å²) in [4.78, 5) is 8.68. The van der Waals surface area contributed by atoms with Gasteiger partial charge in [0, 0.05) is 17.0 Å². The molecule has 0 aliphatic carbocycles. The van der Waals surface area contributed by atoms with E-state index in [1.807, 2.05) is 42.5 Å². The summed E-state index contributed by atoms with van der Waals surface area (Å²) in [6.07, 6.45) is 0. The van der Waals surface area contributed by atoms with Gasteiger partial charge in [-0.15, -0.1) is 10.2 Å². The Hall–Kier alpha value is -2.54. The van der Waals surface area contributed by atoms with Crippen LogP contribution in [0.2, 0.25) is 0 Å². The predicted octanol–water partition coefficient (Wildman–Crippen LogP) is 2.60. The van der Waals surface area contributed by atoms with E-state index >= 15 is 0 Å². The van der Waals surface area contributed by atoms with Crippen LogP contribution >= 0.6 is 11.3 Å². The van der Waals surface area contributed by atoms with E-state index in [0.29, 0.717) is 10.9 Å². The fraction of sp³-hybridized carbons (Fsp3) is 0.143. The minimum Gasteiger partial charge on any atom is -0.375 e. The van der Waals surface area contributed by atoms with Crippen molar-refractivity contribution in [2.75, 3.05) is 5.73 Å². The zero-order valence-electron chi connectivity index (χ0n) is 11.5. The quantitative estimate of drug-likeness (QED) is 0.584. The standard InChI is InChI=1S/C14H12N6S/c1-7-5-8(2)20-12(18-19-14(20)16-7)9-3-4-10-11(6-9)21-13(15)17-10/h3-6H,1-2H3,(H2,15,17). The molecule has 0 fully saturated rings. The number of anilines is 1. The zero-order chi connectivity index (χ0) is 14.6. The lowest BCUT2D eigenvalue weighted by Crippen LogP contribution is -1.98. The van der Waals surface area contributed by atoms with Crippen molar-refractivity contribution in [3.63, 3.8) is 0 Å². The third-order valence-corrected chi connectivity index (χ3v) is 4.20. The second kappa shape index (κ2) is 4.23. The summed E-state index contributed by atoms with van der Waals surface area (Å²) >= 11 is 1.47. The number of hydrogen-bond acceptors (Lipinski definition) is 6. The van der Waals surface area contributed by atoms with Crippen molar-refractivity contribution >= 4 is 32.5 Å². The average Bonchev–Trinajstić information content (AvgIpc) is 2.99. The van der Waals surface area contributed by atoms with Gasteiger partial charge in [0.15, 0.2) is 11.0 Å². The van der Waals surface area contributed by atoms with Gasteiger partial charge in [-0.2, -0.15) is 0 Å². The minimum atomic E-state index is 0.571. The first-order valence-corrected chi connectivity index (χ1v) is 7.29. The fourth-order valence-electron chi connectivity index (χ4n) is 2.50. The van der Waals surface area contributed by atoms with Crippen molar-refractivity contribution in [2.45, 2.75) is 13.8 Å². The molecule has 104 valence electrons. The van der Waals surface area contributed by atoms with Gasteiger partial charge in [0.1, 0.15) is 0 Å². The lowest BCUT2D eigenvalue weighted by molar-refractivity contribution is 1.02. The number of hydrogen-bond donors (Lipinski definition) is 1. The third kappa shape index (κ3) is 1.85. The van der Waals surface area contributed by atoms with Gasteiger partial charge in [-0.3, -0.25) is 4.40 Å². The van der Waals surface area contributed by atoms with Gasteiger partial charge < -0.3 is 5.73 Å². The Morgan fingerprint density at radius 1 is 1.10 bits per heavy atom. The summed E-state index contributed by atoms with van der Waals surface area (Å²) in [6.45, 7) is 3.98. The summed E-state index contributed by atoms with van der Waals surface area (Å²) in [5.74, 6) is 1.40. The summed E-state index contributed by atoms with van der Waals surface area (Å²) < 4.78 is 3.00. The topological polar surface area (TPSA) is 82.0 Å². The molecule has 6 nitrogen and oxygen atoms in total. The van der Waals surface area contributed by atoms with Crippen molar-refractivity contribution in [1.29, 1.82) is 0 Å². The molecule has 0 saturated heterocycles. The number of nitrogens with zero attached hydrogens (tertiary/aromatic N) is 5. The molecule has 7 heteroatoms. The largest absolute Gasteiger partial charge is 0.375 e. The molecule has 21 heavy (non-hydrogen) atoms. The molecule has 0 amide bonds. The van der Waals surface area contributed by atoms with Crippen LogP contribution in [0.4, 0.5) is 5.13 Å². The number of aromatic nitrogens is 5. The molecule has 0 unspecified atom stereocenters. The lowest BCUT2D eigenvalue weighted by Gasteiger charge is -2.04. The number of fused-ring (bicyclic) bond motifs is 2. The number of nitrogens with two attached hydrogens (primary N) is 1. The van der Waals surface area contributed by atoms with Crippen LogP contribution in [0.5, 0.6) is 0 Å². The molecule has 4 aromatic rings. The van der Waals surface area contributed by atoms with Gasteiger partial charge in [0.25, 0.3) is 5.78 Å². The van der Waals surface area contributed by atoms with Gasteiger partial charge in [-0.1, -0.05) is 11.3 Å². The van der Waals surface area contributed by atoms with Crippen LogP contribution in [0.3, 0.4) is 0 Å². The SMILES string of the molecule is Cc1cc(C)n2c(-c3ccc4nc(N)sc4c3)nnc2n1. The second-order valence-corrected chi connectivity index (χ2v) is 5.99. The van der Waals surface area contributed by atoms with Gasteiger partial charge >= 0.3 is 0 Å². The number of thiazole rings is 1. The summed E-state index contributed by atoms with van der Waals surface area (Å²) in [7, 11) is 0. The van der Waals surface area contributed by atoms with Crippen LogP contribution < -0.4 is 5.73 Å². The summed E-state index contributed by atoms with van der Waals surface area (Å²) in [6, 6.07) is 8.00. The van der Waals surface area contributed by atoms with E-state index in [2.05, 4.69) is 20.2 Å². The normalized spacial score (nSPS) is 11.5. The maximum absolute atomic E-state index is 5.75. The molecule has 1 aromatic carbocycles. The van der Waals surface area contributed by atoms with Crippen LogP contribution in [-0.4, -0.2) is 24.6 Å². The molecule has 2 N–H and O–H groups in total. The molecule has 0 radical (unpaired) electrons. The van der Waals surface area contributed by atoms with Crippen LogP contribution in [0.25, 0.3) is 27.4 Å². The highest BCUT2D eigenvalue weighted by molar-refractivity contribution is 7.22. The molecular weight excluding hydrogens is 284 g/mol. The van der Waals surface area contributed by atoms with Gasteiger partial charge in [-0.25, -0.2) is 9.97 Å². The van der Waals surface area contributed by atoms with Crippen LogP contribution in [0.1, 0.15) is 11.4 Å². The fourth-order valence-corrected chi connectivity index (χ4v) is 3.27. The molecule has 0 aliphatic heterocycles. The Morgan fingerprint density at radius 2 is 1.95 bits per heavy atom. The Morgan fingerprint density at radius 3 is 2.81 bits per heavy atom. The first kappa shape index (κ1) is 12.2. The van der Waals surface area contributed by atoms with Crippen molar-refractivity contribution in [3.05, 3.63) is 35.7 Å². The number of nitrogen functional groups attached to an aromatic ring is 1. The number of rotatable bonds is 1. The van der Waals surface area contributed by atoms with Crippen molar-refractivity contribution < 1.29 is 0 Å². The van der Waals surface area contributed by atoms with Crippen LogP contribution in [0, 0.1) is 13.8 Å². The Balaban J connectivity index is 1.99. The summed E-state index contributed by atoms with van der Waals surface area (Å²) in [5.41, 5.74) is 9.63. The highest BCUT2D eigenvalue weighted by Gasteiger charge is 2.13. The van der Waals surface area contributed by atoms with Crippen molar-refractivity contribution in [1.82, 2.24) is 24.6 Å². The second-order valence-electron chi connectivity index (χ2n) is 4.93. The van der Waals surface area contributed by atoms with E-state index in [1.165, 1.54) is 11.3 Å².